The number of hydrazone groups is 1. The molecule has 2 rings (SSSR count). The Labute approximate surface area is 117 Å². The van der Waals surface area contributed by atoms with Gasteiger partial charge in [0.25, 0.3) is 0 Å². The minimum absolute atomic E-state index is 0.691. The van der Waals surface area contributed by atoms with Crippen molar-refractivity contribution < 1.29 is 4.74 Å². The van der Waals surface area contributed by atoms with Gasteiger partial charge in [0.2, 0.25) is 0 Å². The SMILES string of the molecule is COc1cccc(N/N=C(\C)c2ccccc2Cl)c1. The standard InChI is InChI=1S/C15H15ClN2O/c1-11(14-8-3-4-9-15(14)16)17-18-12-6-5-7-13(10-12)19-2/h3-10,18H,1-2H3/b17-11+. The normalized spacial score (nSPS) is 11.2. The molecule has 0 aliphatic rings. The molecule has 19 heavy (non-hydrogen) atoms. The highest BCUT2D eigenvalue weighted by atomic mass is 35.5. The summed E-state index contributed by atoms with van der Waals surface area (Å²) in [5.74, 6) is 0.788. The fourth-order valence-corrected chi connectivity index (χ4v) is 1.93. The van der Waals surface area contributed by atoms with Crippen LogP contribution < -0.4 is 10.2 Å². The van der Waals surface area contributed by atoms with Crippen molar-refractivity contribution in [2.45, 2.75) is 6.92 Å². The number of methoxy groups -OCH3 is 1. The van der Waals surface area contributed by atoms with Crippen molar-refractivity contribution in [2.75, 3.05) is 12.5 Å². The zero-order valence-corrected chi connectivity index (χ0v) is 11.6. The van der Waals surface area contributed by atoms with Crippen LogP contribution in [-0.2, 0) is 0 Å². The maximum atomic E-state index is 6.12. The third-order valence-corrected chi connectivity index (χ3v) is 3.02. The van der Waals surface area contributed by atoms with E-state index in [-0.39, 0.29) is 0 Å². The summed E-state index contributed by atoms with van der Waals surface area (Å²) >= 11 is 6.12. The first-order valence-corrected chi connectivity index (χ1v) is 6.28. The average Bonchev–Trinajstić information content (AvgIpc) is 2.45. The van der Waals surface area contributed by atoms with Crippen molar-refractivity contribution in [3.63, 3.8) is 0 Å². The van der Waals surface area contributed by atoms with E-state index in [1.165, 1.54) is 0 Å². The molecular formula is C15H15ClN2O. The molecule has 3 nitrogen and oxygen atoms in total. The van der Waals surface area contributed by atoms with Gasteiger partial charge in [-0.25, -0.2) is 0 Å². The quantitative estimate of drug-likeness (QED) is 0.670. The fraction of sp³-hybridized carbons (Fsp3) is 0.133. The molecule has 0 heterocycles. The summed E-state index contributed by atoms with van der Waals surface area (Å²) in [4.78, 5) is 0. The summed E-state index contributed by atoms with van der Waals surface area (Å²) in [7, 11) is 1.64. The van der Waals surface area contributed by atoms with Crippen molar-refractivity contribution >= 4 is 23.0 Å². The van der Waals surface area contributed by atoms with Gasteiger partial charge < -0.3 is 4.74 Å². The molecular weight excluding hydrogens is 260 g/mol. The first-order valence-electron chi connectivity index (χ1n) is 5.90. The van der Waals surface area contributed by atoms with E-state index in [9.17, 15) is 0 Å². The Bertz CT molecular complexity index is 596. The average molecular weight is 275 g/mol. The number of benzene rings is 2. The fourth-order valence-electron chi connectivity index (χ4n) is 1.66. The number of anilines is 1. The van der Waals surface area contributed by atoms with E-state index in [2.05, 4.69) is 10.5 Å². The Morgan fingerprint density at radius 1 is 1.16 bits per heavy atom. The lowest BCUT2D eigenvalue weighted by atomic mass is 10.1. The molecule has 4 heteroatoms. The first-order chi connectivity index (χ1) is 9.20. The topological polar surface area (TPSA) is 33.6 Å². The molecule has 0 saturated heterocycles. The molecule has 0 unspecified atom stereocenters. The Balaban J connectivity index is 2.16. The predicted octanol–water partition coefficient (Wildman–Crippen LogP) is 4.18. The van der Waals surface area contributed by atoms with Crippen molar-refractivity contribution in [1.82, 2.24) is 0 Å². The Morgan fingerprint density at radius 2 is 1.95 bits per heavy atom. The van der Waals surface area contributed by atoms with Crippen molar-refractivity contribution in [3.05, 3.63) is 59.1 Å². The van der Waals surface area contributed by atoms with Crippen molar-refractivity contribution in [3.8, 4) is 5.75 Å². The van der Waals surface area contributed by atoms with Gasteiger partial charge in [-0.2, -0.15) is 5.10 Å². The summed E-state index contributed by atoms with van der Waals surface area (Å²) < 4.78 is 5.16. The smallest absolute Gasteiger partial charge is 0.120 e. The Hall–Kier alpha value is -2.00. The minimum Gasteiger partial charge on any atom is -0.497 e. The summed E-state index contributed by atoms with van der Waals surface area (Å²) in [6.07, 6.45) is 0. The van der Waals surface area contributed by atoms with Crippen LogP contribution in [0.2, 0.25) is 5.02 Å². The summed E-state index contributed by atoms with van der Waals surface area (Å²) in [5, 5.41) is 5.02. The number of ether oxygens (including phenoxy) is 1. The number of halogens is 1. The molecule has 0 spiro atoms. The summed E-state index contributed by atoms with van der Waals surface area (Å²) in [6.45, 7) is 1.91. The number of hydrogen-bond acceptors (Lipinski definition) is 3. The van der Waals surface area contributed by atoms with E-state index in [4.69, 9.17) is 16.3 Å². The molecule has 0 bridgehead atoms. The molecule has 0 atom stereocenters. The van der Waals surface area contributed by atoms with Crippen LogP contribution in [0.4, 0.5) is 5.69 Å². The lowest BCUT2D eigenvalue weighted by Crippen LogP contribution is -2.00. The second kappa shape index (κ2) is 6.25. The molecule has 0 fully saturated rings. The Kier molecular flexibility index (Phi) is 4.42. The lowest BCUT2D eigenvalue weighted by Gasteiger charge is -2.06. The molecule has 0 radical (unpaired) electrons. The van der Waals surface area contributed by atoms with Gasteiger partial charge in [-0.15, -0.1) is 0 Å². The van der Waals surface area contributed by atoms with Gasteiger partial charge in [0.05, 0.1) is 18.5 Å². The van der Waals surface area contributed by atoms with E-state index >= 15 is 0 Å². The third kappa shape index (κ3) is 3.48. The van der Waals surface area contributed by atoms with Crippen molar-refractivity contribution in [2.24, 2.45) is 5.10 Å². The summed E-state index contributed by atoms with van der Waals surface area (Å²) in [5.41, 5.74) is 5.60. The molecule has 0 saturated carbocycles. The summed E-state index contributed by atoms with van der Waals surface area (Å²) in [6, 6.07) is 15.2. The van der Waals surface area contributed by atoms with E-state index in [0.717, 1.165) is 22.7 Å². The largest absolute Gasteiger partial charge is 0.497 e. The maximum absolute atomic E-state index is 6.12. The monoisotopic (exact) mass is 274 g/mol. The second-order valence-corrected chi connectivity index (χ2v) is 4.43. The zero-order valence-electron chi connectivity index (χ0n) is 10.9. The van der Waals surface area contributed by atoms with Gasteiger partial charge in [0.1, 0.15) is 5.75 Å². The van der Waals surface area contributed by atoms with Crippen LogP contribution in [0.15, 0.2) is 53.6 Å². The number of nitrogens with one attached hydrogen (secondary N) is 1. The minimum atomic E-state index is 0.691. The van der Waals surface area contributed by atoms with Crippen LogP contribution in [0.1, 0.15) is 12.5 Å². The molecule has 0 aliphatic heterocycles. The van der Waals surface area contributed by atoms with Gasteiger partial charge in [-0.05, 0) is 25.1 Å². The number of nitrogens with zero attached hydrogens (tertiary/aromatic N) is 1. The third-order valence-electron chi connectivity index (χ3n) is 2.69. The lowest BCUT2D eigenvalue weighted by molar-refractivity contribution is 0.415. The van der Waals surface area contributed by atoms with E-state index in [1.807, 2.05) is 55.5 Å². The molecule has 2 aromatic carbocycles. The van der Waals surface area contributed by atoms with Gasteiger partial charge in [-0.3, -0.25) is 5.43 Å². The molecule has 2 aromatic rings. The maximum Gasteiger partial charge on any atom is 0.120 e. The highest BCUT2D eigenvalue weighted by Crippen LogP contribution is 2.18. The van der Waals surface area contributed by atoms with Crippen LogP contribution in [0.5, 0.6) is 5.75 Å². The molecule has 0 aliphatic carbocycles. The van der Waals surface area contributed by atoms with E-state index in [1.54, 1.807) is 7.11 Å². The Morgan fingerprint density at radius 3 is 2.68 bits per heavy atom. The molecule has 0 aromatic heterocycles. The van der Waals surface area contributed by atoms with Gasteiger partial charge in [0.15, 0.2) is 0 Å². The van der Waals surface area contributed by atoms with Crippen LogP contribution >= 0.6 is 11.6 Å². The predicted molar refractivity (Wildman–Crippen MR) is 80.3 cm³/mol. The highest BCUT2D eigenvalue weighted by Gasteiger charge is 2.02. The molecule has 0 amide bonds. The second-order valence-electron chi connectivity index (χ2n) is 4.02. The number of rotatable bonds is 4. The van der Waals surface area contributed by atoms with Crippen LogP contribution in [0.3, 0.4) is 0 Å². The van der Waals surface area contributed by atoms with E-state index < -0.39 is 0 Å². The van der Waals surface area contributed by atoms with Gasteiger partial charge in [-0.1, -0.05) is 35.9 Å². The van der Waals surface area contributed by atoms with Gasteiger partial charge in [0, 0.05) is 16.7 Å². The van der Waals surface area contributed by atoms with Crippen LogP contribution in [-0.4, -0.2) is 12.8 Å². The first kappa shape index (κ1) is 13.4. The highest BCUT2D eigenvalue weighted by molar-refractivity contribution is 6.34. The van der Waals surface area contributed by atoms with Crippen LogP contribution in [0, 0.1) is 0 Å². The van der Waals surface area contributed by atoms with Crippen molar-refractivity contribution in [1.29, 1.82) is 0 Å². The molecule has 1 N–H and O–H groups in total. The number of hydrogen-bond donors (Lipinski definition) is 1. The van der Waals surface area contributed by atoms with Crippen LogP contribution in [0.25, 0.3) is 0 Å². The molecule has 98 valence electrons. The van der Waals surface area contributed by atoms with Gasteiger partial charge >= 0.3 is 0 Å². The van der Waals surface area contributed by atoms with E-state index in [0.29, 0.717) is 5.02 Å². The zero-order chi connectivity index (χ0) is 13.7.